The van der Waals surface area contributed by atoms with Crippen LogP contribution in [0.15, 0.2) is 0 Å². The van der Waals surface area contributed by atoms with Gasteiger partial charge < -0.3 is 5.32 Å². The molecule has 0 aromatic carbocycles. The van der Waals surface area contributed by atoms with Crippen LogP contribution >= 0.6 is 23.5 Å². The molecule has 0 spiro atoms. The highest BCUT2D eigenvalue weighted by atomic mass is 32.2. The maximum absolute atomic E-state index is 3.65. The predicted octanol–water partition coefficient (Wildman–Crippen LogP) is 3.40. The molecule has 1 aliphatic carbocycles. The number of thioether (sulfide) groups is 2. The molecule has 1 rings (SSSR count). The molecule has 1 saturated carbocycles. The third kappa shape index (κ3) is 5.01. The highest BCUT2D eigenvalue weighted by Crippen LogP contribution is 2.39. The van der Waals surface area contributed by atoms with Crippen LogP contribution in [0, 0.1) is 0 Å². The van der Waals surface area contributed by atoms with Gasteiger partial charge in [-0.25, -0.2) is 0 Å². The summed E-state index contributed by atoms with van der Waals surface area (Å²) >= 11 is 4.04. The normalized spacial score (nSPS) is 19.6. The number of unbranched alkanes of at least 4 members (excludes halogenated alkanes) is 1. The van der Waals surface area contributed by atoms with E-state index >= 15 is 0 Å². The molecule has 0 amide bonds. The maximum atomic E-state index is 3.65. The zero-order chi connectivity index (χ0) is 11.0. The fourth-order valence-electron chi connectivity index (χ4n) is 2.29. The van der Waals surface area contributed by atoms with Crippen molar-refractivity contribution in [3.05, 3.63) is 0 Å². The Morgan fingerprint density at radius 3 is 2.47 bits per heavy atom. The summed E-state index contributed by atoms with van der Waals surface area (Å²) in [5.41, 5.74) is 0. The molecule has 0 heterocycles. The Morgan fingerprint density at radius 1 is 1.13 bits per heavy atom. The van der Waals surface area contributed by atoms with E-state index in [1.54, 1.807) is 0 Å². The highest BCUT2D eigenvalue weighted by Gasteiger charge is 2.32. The van der Waals surface area contributed by atoms with Gasteiger partial charge in [-0.15, -0.1) is 0 Å². The molecule has 1 N–H and O–H groups in total. The van der Waals surface area contributed by atoms with Crippen LogP contribution in [0.25, 0.3) is 0 Å². The fourth-order valence-corrected chi connectivity index (χ4v) is 3.72. The Bertz CT molecular complexity index is 156. The van der Waals surface area contributed by atoms with Crippen LogP contribution in [0.3, 0.4) is 0 Å². The summed E-state index contributed by atoms with van der Waals surface area (Å²) in [7, 11) is 0. The molecular weight excluding hydrogens is 222 g/mol. The Balaban J connectivity index is 2.02. The molecule has 0 radical (unpaired) electrons. The van der Waals surface area contributed by atoms with Gasteiger partial charge in [0.05, 0.1) is 0 Å². The van der Waals surface area contributed by atoms with Gasteiger partial charge in [-0.05, 0) is 50.5 Å². The second-order valence-corrected chi connectivity index (χ2v) is 6.73. The Hall–Kier alpha value is 0.660. The van der Waals surface area contributed by atoms with Crippen molar-refractivity contribution < 1.29 is 0 Å². The molecule has 0 saturated heterocycles. The van der Waals surface area contributed by atoms with Crippen molar-refractivity contribution in [1.29, 1.82) is 0 Å². The summed E-state index contributed by atoms with van der Waals surface area (Å²) in [6.45, 7) is 2.44. The largest absolute Gasteiger partial charge is 0.315 e. The lowest BCUT2D eigenvalue weighted by Gasteiger charge is -2.27. The quantitative estimate of drug-likeness (QED) is 0.660. The number of hydrogen-bond donors (Lipinski definition) is 1. The monoisotopic (exact) mass is 247 g/mol. The van der Waals surface area contributed by atoms with Gasteiger partial charge in [-0.3, -0.25) is 0 Å². The van der Waals surface area contributed by atoms with Gasteiger partial charge in [0.25, 0.3) is 0 Å². The average Bonchev–Trinajstić information content (AvgIpc) is 2.73. The summed E-state index contributed by atoms with van der Waals surface area (Å²) < 4.78 is 0.583. The first-order chi connectivity index (χ1) is 7.33. The Kier molecular flexibility index (Phi) is 7.19. The predicted molar refractivity (Wildman–Crippen MR) is 75.2 cm³/mol. The van der Waals surface area contributed by atoms with E-state index in [4.69, 9.17) is 0 Å². The minimum Gasteiger partial charge on any atom is -0.315 e. The first-order valence-electron chi connectivity index (χ1n) is 6.08. The van der Waals surface area contributed by atoms with E-state index in [1.807, 2.05) is 11.8 Å². The van der Waals surface area contributed by atoms with Crippen molar-refractivity contribution in [3.8, 4) is 0 Å². The van der Waals surface area contributed by atoms with Gasteiger partial charge in [-0.1, -0.05) is 12.8 Å². The molecule has 0 aliphatic heterocycles. The lowest BCUT2D eigenvalue weighted by atomic mass is 10.1. The van der Waals surface area contributed by atoms with Gasteiger partial charge in [0.15, 0.2) is 0 Å². The van der Waals surface area contributed by atoms with Gasteiger partial charge in [0.1, 0.15) is 0 Å². The van der Waals surface area contributed by atoms with Gasteiger partial charge in [0, 0.05) is 11.3 Å². The summed E-state index contributed by atoms with van der Waals surface area (Å²) in [4.78, 5) is 0. The second kappa shape index (κ2) is 7.86. The molecule has 0 atom stereocenters. The molecule has 1 nitrogen and oxygen atoms in total. The Morgan fingerprint density at radius 2 is 1.87 bits per heavy atom. The minimum absolute atomic E-state index is 0.583. The average molecular weight is 247 g/mol. The summed E-state index contributed by atoms with van der Waals surface area (Å²) in [5.74, 6) is 1.31. The molecule has 0 aromatic heterocycles. The molecule has 15 heavy (non-hydrogen) atoms. The van der Waals surface area contributed by atoms with E-state index < -0.39 is 0 Å². The van der Waals surface area contributed by atoms with Crippen molar-refractivity contribution >= 4 is 23.5 Å². The van der Waals surface area contributed by atoms with Crippen LogP contribution in [0.4, 0.5) is 0 Å². The summed E-state index contributed by atoms with van der Waals surface area (Å²) in [6.07, 6.45) is 12.9. The van der Waals surface area contributed by atoms with E-state index in [9.17, 15) is 0 Å². The van der Waals surface area contributed by atoms with Crippen molar-refractivity contribution in [2.24, 2.45) is 0 Å². The summed E-state index contributed by atoms with van der Waals surface area (Å²) in [6, 6.07) is 0. The Labute approximate surface area is 104 Å². The van der Waals surface area contributed by atoms with E-state index in [0.29, 0.717) is 4.75 Å². The molecule has 1 fully saturated rings. The van der Waals surface area contributed by atoms with Crippen LogP contribution in [-0.4, -0.2) is 36.1 Å². The molecule has 1 aliphatic rings. The SMILES string of the molecule is CSCCCCNCC1(SC)CCCC1. The lowest BCUT2D eigenvalue weighted by molar-refractivity contribution is 0.526. The maximum Gasteiger partial charge on any atom is 0.0281 e. The molecule has 0 aromatic rings. The van der Waals surface area contributed by atoms with Crippen LogP contribution in [-0.2, 0) is 0 Å². The number of rotatable bonds is 8. The smallest absolute Gasteiger partial charge is 0.0281 e. The topological polar surface area (TPSA) is 12.0 Å². The minimum atomic E-state index is 0.583. The highest BCUT2D eigenvalue weighted by molar-refractivity contribution is 8.00. The van der Waals surface area contributed by atoms with Crippen LogP contribution in [0.2, 0.25) is 0 Å². The van der Waals surface area contributed by atoms with Gasteiger partial charge in [0.2, 0.25) is 0 Å². The van der Waals surface area contributed by atoms with Crippen molar-refractivity contribution in [3.63, 3.8) is 0 Å². The first-order valence-corrected chi connectivity index (χ1v) is 8.70. The van der Waals surface area contributed by atoms with Crippen molar-refractivity contribution in [2.45, 2.75) is 43.3 Å². The second-order valence-electron chi connectivity index (χ2n) is 4.47. The van der Waals surface area contributed by atoms with Gasteiger partial charge >= 0.3 is 0 Å². The fraction of sp³-hybridized carbons (Fsp3) is 1.00. The first kappa shape index (κ1) is 13.7. The third-order valence-corrected chi connectivity index (χ3v) is 5.46. The number of nitrogens with one attached hydrogen (secondary N) is 1. The van der Waals surface area contributed by atoms with Crippen LogP contribution in [0.5, 0.6) is 0 Å². The molecule has 3 heteroatoms. The third-order valence-electron chi connectivity index (χ3n) is 3.35. The van der Waals surface area contributed by atoms with Crippen molar-refractivity contribution in [1.82, 2.24) is 5.32 Å². The molecule has 0 unspecified atom stereocenters. The lowest BCUT2D eigenvalue weighted by Crippen LogP contribution is -2.35. The van der Waals surface area contributed by atoms with E-state index in [0.717, 1.165) is 0 Å². The van der Waals surface area contributed by atoms with Crippen LogP contribution < -0.4 is 5.32 Å². The van der Waals surface area contributed by atoms with Crippen LogP contribution in [0.1, 0.15) is 38.5 Å². The zero-order valence-corrected chi connectivity index (χ0v) is 11.8. The zero-order valence-electron chi connectivity index (χ0n) is 10.2. The molecule has 0 bridgehead atoms. The van der Waals surface area contributed by atoms with Gasteiger partial charge in [-0.2, -0.15) is 23.5 Å². The van der Waals surface area contributed by atoms with E-state index in [-0.39, 0.29) is 0 Å². The summed E-state index contributed by atoms with van der Waals surface area (Å²) in [5, 5.41) is 3.65. The van der Waals surface area contributed by atoms with Crippen molar-refractivity contribution in [2.75, 3.05) is 31.4 Å². The van der Waals surface area contributed by atoms with E-state index in [1.165, 1.54) is 57.4 Å². The number of hydrogen-bond acceptors (Lipinski definition) is 3. The molecule has 90 valence electrons. The van der Waals surface area contributed by atoms with E-state index in [2.05, 4.69) is 29.6 Å². The standard InChI is InChI=1S/C12H25NS2/c1-14-10-6-5-9-13-11-12(15-2)7-3-4-8-12/h13H,3-11H2,1-2H3. The molecular formula is C12H25NS2.